The Hall–Kier alpha value is -3.17. The number of carboxylic acids is 1. The Kier molecular flexibility index (Phi) is 6.37. The smallest absolute Gasteiger partial charge is 0.307 e. The summed E-state index contributed by atoms with van der Waals surface area (Å²) in [5.41, 5.74) is 4.30. The van der Waals surface area contributed by atoms with Crippen LogP contribution in [0, 0.1) is 37.5 Å². The molecule has 0 aliphatic heterocycles. The van der Waals surface area contributed by atoms with Crippen molar-refractivity contribution in [3.63, 3.8) is 0 Å². The highest BCUT2D eigenvalue weighted by Gasteiger charge is 2.51. The Morgan fingerprint density at radius 2 is 1.77 bits per heavy atom. The van der Waals surface area contributed by atoms with Gasteiger partial charge in [0.15, 0.2) is 4.34 Å². The zero-order valence-corrected chi connectivity index (χ0v) is 20.9. The van der Waals surface area contributed by atoms with Crippen molar-refractivity contribution >= 4 is 62.5 Å². The number of carbonyl (C=O) groups excluding carboxylic acids is 2. The van der Waals surface area contributed by atoms with Crippen LogP contribution < -0.4 is 10.6 Å². The van der Waals surface area contributed by atoms with Crippen molar-refractivity contribution in [2.75, 3.05) is 16.4 Å². The fourth-order valence-electron chi connectivity index (χ4n) is 5.10. The number of carbonyl (C=O) groups is 3. The second-order valence-electron chi connectivity index (χ2n) is 9.09. The Bertz CT molecular complexity index is 1350. The molecule has 0 radical (unpaired) electrons. The molecule has 5 rings (SSSR count). The fraction of sp³-hybridized carbons (Fsp3) is 0.308. The number of aliphatic carboxylic acids is 1. The summed E-state index contributed by atoms with van der Waals surface area (Å²) >= 11 is 2.83. The topological polar surface area (TPSA) is 108 Å². The summed E-state index contributed by atoms with van der Waals surface area (Å²) in [7, 11) is 0. The lowest BCUT2D eigenvalue weighted by Crippen LogP contribution is -2.36. The summed E-state index contributed by atoms with van der Waals surface area (Å²) < 4.78 is 1.66. The molecule has 7 nitrogen and oxygen atoms in total. The molecule has 2 aliphatic rings. The minimum atomic E-state index is -0.914. The number of nitrogens with zero attached hydrogens (tertiary/aromatic N) is 1. The monoisotopic (exact) mass is 507 g/mol. The van der Waals surface area contributed by atoms with Crippen LogP contribution in [0.25, 0.3) is 10.2 Å². The standard InChI is InChI=1S/C26H25N3O4S2/c1-13-4-3-5-14(2)23(13)29-20(30)12-34-26-28-18-9-8-17(11-19(18)35-26)27-24(31)21-15-6-7-16(10-15)22(21)25(32)33/h3-9,11,15-16,21-22H,10,12H2,1-2H3,(H,27,31)(H,29,30)(H,32,33)/t15-,16-,21+,22-/m0/s1. The van der Waals surface area contributed by atoms with Crippen LogP contribution in [0.1, 0.15) is 17.5 Å². The zero-order chi connectivity index (χ0) is 24.7. The molecule has 9 heteroatoms. The van der Waals surface area contributed by atoms with Crippen molar-refractivity contribution < 1.29 is 19.5 Å². The van der Waals surface area contributed by atoms with Crippen molar-refractivity contribution in [1.29, 1.82) is 0 Å². The van der Waals surface area contributed by atoms with E-state index in [1.807, 2.05) is 56.3 Å². The highest BCUT2D eigenvalue weighted by Crippen LogP contribution is 2.48. The van der Waals surface area contributed by atoms with E-state index >= 15 is 0 Å². The number of amides is 2. The fourth-order valence-corrected chi connectivity index (χ4v) is 7.01. The highest BCUT2D eigenvalue weighted by atomic mass is 32.2. The number of para-hydroxylation sites is 1. The van der Waals surface area contributed by atoms with Gasteiger partial charge in [0, 0.05) is 11.4 Å². The van der Waals surface area contributed by atoms with Crippen molar-refractivity contribution in [3.05, 3.63) is 59.7 Å². The number of benzene rings is 2. The van der Waals surface area contributed by atoms with E-state index < -0.39 is 17.8 Å². The lowest BCUT2D eigenvalue weighted by molar-refractivity contribution is -0.146. The highest BCUT2D eigenvalue weighted by molar-refractivity contribution is 8.01. The molecule has 35 heavy (non-hydrogen) atoms. The summed E-state index contributed by atoms with van der Waals surface area (Å²) in [6.45, 7) is 3.94. The normalized spacial score (nSPS) is 22.5. The number of hydrogen-bond acceptors (Lipinski definition) is 6. The molecule has 0 spiro atoms. The van der Waals surface area contributed by atoms with Gasteiger partial charge in [-0.25, -0.2) is 4.98 Å². The predicted octanol–water partition coefficient (Wildman–Crippen LogP) is 5.11. The second-order valence-corrected chi connectivity index (χ2v) is 11.3. The molecule has 1 aromatic heterocycles. The van der Waals surface area contributed by atoms with Gasteiger partial charge in [-0.15, -0.1) is 11.3 Å². The molecule has 3 N–H and O–H groups in total. The van der Waals surface area contributed by atoms with Crippen LogP contribution in [0.3, 0.4) is 0 Å². The summed E-state index contributed by atoms with van der Waals surface area (Å²) in [6.07, 6.45) is 4.62. The molecule has 3 aromatic rings. The number of anilines is 2. The number of thiazole rings is 1. The van der Waals surface area contributed by atoms with Gasteiger partial charge in [-0.2, -0.15) is 0 Å². The van der Waals surface area contributed by atoms with E-state index in [0.29, 0.717) is 5.69 Å². The van der Waals surface area contributed by atoms with Crippen molar-refractivity contribution in [3.8, 4) is 0 Å². The average Bonchev–Trinajstić information content (AvgIpc) is 3.54. The third-order valence-electron chi connectivity index (χ3n) is 6.76. The lowest BCUT2D eigenvalue weighted by Gasteiger charge is -2.23. The molecule has 1 saturated carbocycles. The summed E-state index contributed by atoms with van der Waals surface area (Å²) in [4.78, 5) is 41.8. The number of nitrogens with one attached hydrogen (secondary N) is 2. The molecule has 2 aromatic carbocycles. The van der Waals surface area contributed by atoms with Gasteiger partial charge >= 0.3 is 5.97 Å². The molecule has 1 fully saturated rings. The third kappa shape index (κ3) is 4.70. The van der Waals surface area contributed by atoms with E-state index in [1.54, 1.807) is 6.07 Å². The Balaban J connectivity index is 1.23. The number of hydrogen-bond donors (Lipinski definition) is 3. The first-order valence-corrected chi connectivity index (χ1v) is 13.2. The molecular weight excluding hydrogens is 482 g/mol. The molecule has 4 atom stereocenters. The first kappa shape index (κ1) is 23.6. The summed E-state index contributed by atoms with van der Waals surface area (Å²) in [5, 5.41) is 15.5. The van der Waals surface area contributed by atoms with Crippen LogP contribution in [0.15, 0.2) is 52.9 Å². The zero-order valence-electron chi connectivity index (χ0n) is 19.3. The van der Waals surface area contributed by atoms with Gasteiger partial charge in [-0.05, 0) is 61.4 Å². The molecule has 2 amide bonds. The summed E-state index contributed by atoms with van der Waals surface area (Å²) in [5.74, 6) is -2.33. The van der Waals surface area contributed by atoms with Gasteiger partial charge in [0.05, 0.1) is 27.8 Å². The van der Waals surface area contributed by atoms with Crippen LogP contribution >= 0.6 is 23.1 Å². The second kappa shape index (κ2) is 9.47. The van der Waals surface area contributed by atoms with Crippen molar-refractivity contribution in [2.24, 2.45) is 23.7 Å². The number of rotatable bonds is 7. The van der Waals surface area contributed by atoms with E-state index in [-0.39, 0.29) is 29.4 Å². The van der Waals surface area contributed by atoms with Crippen molar-refractivity contribution in [2.45, 2.75) is 24.6 Å². The molecule has 2 aliphatic carbocycles. The largest absolute Gasteiger partial charge is 0.481 e. The maximum atomic E-state index is 13.0. The van der Waals surface area contributed by atoms with Gasteiger partial charge in [0.2, 0.25) is 11.8 Å². The molecule has 2 bridgehead atoms. The van der Waals surface area contributed by atoms with Crippen LogP contribution in [0.5, 0.6) is 0 Å². The Morgan fingerprint density at radius 3 is 2.49 bits per heavy atom. The lowest BCUT2D eigenvalue weighted by atomic mass is 9.82. The van der Waals surface area contributed by atoms with Crippen LogP contribution in [-0.2, 0) is 14.4 Å². The number of allylic oxidation sites excluding steroid dienone is 2. The maximum absolute atomic E-state index is 13.0. The first-order valence-electron chi connectivity index (χ1n) is 11.4. The van der Waals surface area contributed by atoms with E-state index in [4.69, 9.17) is 0 Å². The molecule has 1 heterocycles. The Labute approximate surface area is 211 Å². The van der Waals surface area contributed by atoms with E-state index in [9.17, 15) is 19.5 Å². The minimum Gasteiger partial charge on any atom is -0.481 e. The van der Waals surface area contributed by atoms with E-state index in [1.165, 1.54) is 23.1 Å². The number of aromatic nitrogens is 1. The predicted molar refractivity (Wildman–Crippen MR) is 139 cm³/mol. The van der Waals surface area contributed by atoms with E-state index in [2.05, 4.69) is 15.6 Å². The van der Waals surface area contributed by atoms with Crippen LogP contribution in [0.2, 0.25) is 0 Å². The Morgan fingerprint density at radius 1 is 1.06 bits per heavy atom. The third-order valence-corrected chi connectivity index (χ3v) is 8.92. The van der Waals surface area contributed by atoms with Crippen LogP contribution in [0.4, 0.5) is 11.4 Å². The maximum Gasteiger partial charge on any atom is 0.307 e. The molecule has 0 saturated heterocycles. The van der Waals surface area contributed by atoms with E-state index in [0.717, 1.165) is 37.8 Å². The van der Waals surface area contributed by atoms with Gasteiger partial charge < -0.3 is 15.7 Å². The van der Waals surface area contributed by atoms with Crippen molar-refractivity contribution in [1.82, 2.24) is 4.98 Å². The SMILES string of the molecule is Cc1cccc(C)c1NC(=O)CSc1nc2ccc(NC(=O)[C@H]3[C@@H](C(=O)O)[C@H]4C=C[C@H]3C4)cc2s1. The number of carboxylic acid groups (broad SMARTS) is 1. The van der Waals surface area contributed by atoms with Gasteiger partial charge in [0.25, 0.3) is 0 Å². The first-order chi connectivity index (χ1) is 16.8. The number of fused-ring (bicyclic) bond motifs is 3. The average molecular weight is 508 g/mol. The number of aryl methyl sites for hydroxylation is 2. The van der Waals surface area contributed by atoms with Gasteiger partial charge in [-0.1, -0.05) is 42.1 Å². The quantitative estimate of drug-likeness (QED) is 0.303. The number of thioether (sulfide) groups is 1. The van der Waals surface area contributed by atoms with Crippen LogP contribution in [-0.4, -0.2) is 33.6 Å². The van der Waals surface area contributed by atoms with Gasteiger partial charge in [0.1, 0.15) is 0 Å². The summed E-state index contributed by atoms with van der Waals surface area (Å²) in [6, 6.07) is 11.4. The molecule has 180 valence electrons. The molecular formula is C26H25N3O4S2. The molecule has 0 unspecified atom stereocenters. The minimum absolute atomic E-state index is 0.0224. The van der Waals surface area contributed by atoms with Gasteiger partial charge in [-0.3, -0.25) is 14.4 Å².